The number of nitrogens with one attached hydrogen (secondary N) is 1. The molecule has 1 unspecified atom stereocenters. The molecule has 1 atom stereocenters. The van der Waals surface area contributed by atoms with E-state index in [9.17, 15) is 0 Å². The van der Waals surface area contributed by atoms with E-state index < -0.39 is 0 Å². The zero-order valence-corrected chi connectivity index (χ0v) is 12.5. The molecule has 2 heterocycles. The molecule has 0 aliphatic carbocycles. The lowest BCUT2D eigenvalue weighted by Gasteiger charge is -2.14. The van der Waals surface area contributed by atoms with Crippen molar-refractivity contribution in [2.45, 2.75) is 32.4 Å². The number of para-hydroxylation sites is 1. The first-order chi connectivity index (χ1) is 10.4. The summed E-state index contributed by atoms with van der Waals surface area (Å²) in [5, 5.41) is 4.89. The number of rotatable bonds is 7. The Kier molecular flexibility index (Phi) is 4.41. The van der Waals surface area contributed by atoms with Crippen LogP contribution in [-0.2, 0) is 6.54 Å². The van der Waals surface area contributed by atoms with Crippen LogP contribution in [0, 0.1) is 0 Å². The van der Waals surface area contributed by atoms with E-state index in [-0.39, 0.29) is 0 Å². The van der Waals surface area contributed by atoms with Crippen molar-refractivity contribution >= 4 is 10.9 Å². The van der Waals surface area contributed by atoms with E-state index in [2.05, 4.69) is 53.3 Å². The van der Waals surface area contributed by atoms with Crippen LogP contribution in [0.5, 0.6) is 0 Å². The molecule has 3 nitrogen and oxygen atoms in total. The zero-order valence-electron chi connectivity index (χ0n) is 12.5. The molecule has 3 heteroatoms. The molecule has 1 aromatic carbocycles. The van der Waals surface area contributed by atoms with Crippen LogP contribution in [0.1, 0.15) is 31.6 Å². The first-order valence-corrected chi connectivity index (χ1v) is 7.69. The number of aromatic nitrogens is 1. The lowest BCUT2D eigenvalue weighted by Crippen LogP contribution is -2.22. The summed E-state index contributed by atoms with van der Waals surface area (Å²) in [5.41, 5.74) is 1.32. The molecule has 0 fully saturated rings. The Morgan fingerprint density at radius 3 is 2.86 bits per heavy atom. The van der Waals surface area contributed by atoms with Gasteiger partial charge < -0.3 is 14.3 Å². The van der Waals surface area contributed by atoms with Gasteiger partial charge in [-0.25, -0.2) is 0 Å². The second-order valence-electron chi connectivity index (χ2n) is 5.35. The molecule has 0 saturated carbocycles. The van der Waals surface area contributed by atoms with E-state index in [4.69, 9.17) is 4.42 Å². The normalized spacial score (nSPS) is 12.8. The lowest BCUT2D eigenvalue weighted by atomic mass is 10.1. The summed E-state index contributed by atoms with van der Waals surface area (Å²) in [6, 6.07) is 15.0. The molecule has 0 radical (unpaired) electrons. The zero-order chi connectivity index (χ0) is 14.5. The number of hydrogen-bond acceptors (Lipinski definition) is 2. The number of hydrogen-bond donors (Lipinski definition) is 1. The maximum Gasteiger partial charge on any atom is 0.120 e. The van der Waals surface area contributed by atoms with Crippen molar-refractivity contribution in [3.05, 3.63) is 60.7 Å². The first-order valence-electron chi connectivity index (χ1n) is 7.69. The summed E-state index contributed by atoms with van der Waals surface area (Å²) in [6.07, 6.45) is 6.07. The second kappa shape index (κ2) is 6.64. The van der Waals surface area contributed by atoms with Crippen LogP contribution in [0.4, 0.5) is 0 Å². The molecule has 21 heavy (non-hydrogen) atoms. The summed E-state index contributed by atoms with van der Waals surface area (Å²) in [6.45, 7) is 4.21. The highest BCUT2D eigenvalue weighted by molar-refractivity contribution is 5.79. The van der Waals surface area contributed by atoms with E-state index in [0.717, 1.165) is 31.7 Å². The van der Waals surface area contributed by atoms with Crippen LogP contribution >= 0.6 is 0 Å². The predicted molar refractivity (Wildman–Crippen MR) is 86.3 cm³/mol. The Labute approximate surface area is 125 Å². The van der Waals surface area contributed by atoms with Gasteiger partial charge in [-0.15, -0.1) is 0 Å². The average Bonchev–Trinajstić information content (AvgIpc) is 3.17. The van der Waals surface area contributed by atoms with Crippen LogP contribution in [0.25, 0.3) is 10.9 Å². The van der Waals surface area contributed by atoms with Gasteiger partial charge in [0.1, 0.15) is 5.76 Å². The second-order valence-corrected chi connectivity index (χ2v) is 5.35. The van der Waals surface area contributed by atoms with Crippen LogP contribution in [0.15, 0.2) is 59.3 Å². The van der Waals surface area contributed by atoms with E-state index in [1.54, 1.807) is 6.26 Å². The number of aryl methyl sites for hydroxylation is 1. The Morgan fingerprint density at radius 2 is 2.05 bits per heavy atom. The first kappa shape index (κ1) is 14.0. The summed E-state index contributed by atoms with van der Waals surface area (Å²) < 4.78 is 7.80. The van der Waals surface area contributed by atoms with Crippen molar-refractivity contribution in [1.82, 2.24) is 9.88 Å². The van der Waals surface area contributed by atoms with E-state index in [0.29, 0.717) is 6.04 Å². The van der Waals surface area contributed by atoms with Gasteiger partial charge in [0.25, 0.3) is 0 Å². The van der Waals surface area contributed by atoms with E-state index in [1.165, 1.54) is 10.9 Å². The maximum absolute atomic E-state index is 5.48. The molecule has 2 aromatic heterocycles. The minimum absolute atomic E-state index is 0.321. The number of fused-ring (bicyclic) bond motifs is 1. The highest BCUT2D eigenvalue weighted by Gasteiger charge is 2.10. The van der Waals surface area contributed by atoms with Gasteiger partial charge in [-0.05, 0) is 49.0 Å². The van der Waals surface area contributed by atoms with Gasteiger partial charge in [0.15, 0.2) is 0 Å². The summed E-state index contributed by atoms with van der Waals surface area (Å²) in [5.74, 6) is 1.03. The summed E-state index contributed by atoms with van der Waals surface area (Å²) in [7, 11) is 0. The number of furan rings is 1. The van der Waals surface area contributed by atoms with Crippen molar-refractivity contribution in [3.63, 3.8) is 0 Å². The molecular weight excluding hydrogens is 260 g/mol. The lowest BCUT2D eigenvalue weighted by molar-refractivity contribution is 0.399. The van der Waals surface area contributed by atoms with Crippen molar-refractivity contribution in [1.29, 1.82) is 0 Å². The van der Waals surface area contributed by atoms with Gasteiger partial charge in [-0.3, -0.25) is 0 Å². The van der Waals surface area contributed by atoms with Crippen LogP contribution < -0.4 is 5.32 Å². The highest BCUT2D eigenvalue weighted by atomic mass is 16.3. The fourth-order valence-electron chi connectivity index (χ4n) is 2.80. The third-order valence-electron chi connectivity index (χ3n) is 3.94. The fourth-order valence-corrected chi connectivity index (χ4v) is 2.80. The fraction of sp³-hybridized carbons (Fsp3) is 0.333. The summed E-state index contributed by atoms with van der Waals surface area (Å²) in [4.78, 5) is 0. The van der Waals surface area contributed by atoms with Gasteiger partial charge in [0.05, 0.1) is 12.3 Å². The standard InChI is InChI=1S/C18H22N2O/c1-2-16(18-9-5-14-21-18)19-11-6-12-20-13-10-15-7-3-4-8-17(15)20/h3-5,7-10,13-14,16,19H,2,6,11-12H2,1H3. The Hall–Kier alpha value is -2.00. The molecule has 0 amide bonds. The van der Waals surface area contributed by atoms with Gasteiger partial charge >= 0.3 is 0 Å². The van der Waals surface area contributed by atoms with Crippen molar-refractivity contribution in [2.75, 3.05) is 6.54 Å². The van der Waals surface area contributed by atoms with Crippen molar-refractivity contribution in [2.24, 2.45) is 0 Å². The van der Waals surface area contributed by atoms with Gasteiger partial charge in [0, 0.05) is 18.3 Å². The third kappa shape index (κ3) is 3.19. The molecular formula is C18H22N2O. The molecule has 110 valence electrons. The Balaban J connectivity index is 1.52. The molecule has 3 rings (SSSR count). The summed E-state index contributed by atoms with van der Waals surface area (Å²) >= 11 is 0. The molecule has 1 N–H and O–H groups in total. The van der Waals surface area contributed by atoms with Crippen molar-refractivity contribution in [3.8, 4) is 0 Å². The molecule has 0 bridgehead atoms. The molecule has 0 spiro atoms. The van der Waals surface area contributed by atoms with Gasteiger partial charge in [0.2, 0.25) is 0 Å². The molecule has 0 aliphatic heterocycles. The molecule has 0 saturated heterocycles. The monoisotopic (exact) mass is 282 g/mol. The smallest absolute Gasteiger partial charge is 0.120 e. The third-order valence-corrected chi connectivity index (χ3v) is 3.94. The van der Waals surface area contributed by atoms with E-state index >= 15 is 0 Å². The predicted octanol–water partition coefficient (Wildman–Crippen LogP) is 4.37. The largest absolute Gasteiger partial charge is 0.468 e. The van der Waals surface area contributed by atoms with Crippen LogP contribution in [-0.4, -0.2) is 11.1 Å². The van der Waals surface area contributed by atoms with E-state index in [1.807, 2.05) is 12.1 Å². The van der Waals surface area contributed by atoms with Gasteiger partial charge in [-0.1, -0.05) is 25.1 Å². The minimum Gasteiger partial charge on any atom is -0.468 e. The average molecular weight is 282 g/mol. The number of nitrogens with zero attached hydrogens (tertiary/aromatic N) is 1. The SMILES string of the molecule is CCC(NCCCn1ccc2ccccc21)c1ccco1. The van der Waals surface area contributed by atoms with Crippen LogP contribution in [0.2, 0.25) is 0 Å². The van der Waals surface area contributed by atoms with Crippen LogP contribution in [0.3, 0.4) is 0 Å². The Morgan fingerprint density at radius 1 is 1.14 bits per heavy atom. The topological polar surface area (TPSA) is 30.1 Å². The highest BCUT2D eigenvalue weighted by Crippen LogP contribution is 2.17. The minimum atomic E-state index is 0.321. The Bertz CT molecular complexity index is 669. The molecule has 0 aliphatic rings. The number of benzene rings is 1. The quantitative estimate of drug-likeness (QED) is 0.652. The van der Waals surface area contributed by atoms with Gasteiger partial charge in [-0.2, -0.15) is 0 Å². The van der Waals surface area contributed by atoms with Crippen molar-refractivity contribution < 1.29 is 4.42 Å². The molecule has 3 aromatic rings. The maximum atomic E-state index is 5.48.